The highest BCUT2D eigenvalue weighted by atomic mass is 16.5. The number of methoxy groups -OCH3 is 1. The van der Waals surface area contributed by atoms with E-state index in [4.69, 9.17) is 10.5 Å². The smallest absolute Gasteiger partial charge is 0.0480 e. The minimum absolute atomic E-state index is 0.0716. The molecule has 1 saturated carbocycles. The topological polar surface area (TPSA) is 38.5 Å². The van der Waals surface area contributed by atoms with E-state index < -0.39 is 0 Å². The summed E-state index contributed by atoms with van der Waals surface area (Å²) in [6.07, 6.45) is 6.26. The molecule has 1 atom stereocenters. The van der Waals surface area contributed by atoms with Crippen LogP contribution in [0.4, 0.5) is 0 Å². The van der Waals surface area contributed by atoms with Crippen molar-refractivity contribution in [2.24, 2.45) is 11.1 Å². The maximum Gasteiger partial charge on any atom is 0.0480 e. The zero-order chi connectivity index (χ0) is 13.8. The Morgan fingerprint density at radius 1 is 1.33 bits per heavy atom. The summed E-state index contributed by atoms with van der Waals surface area (Å²) >= 11 is 0. The monoisotopic (exact) mass is 256 g/mol. The summed E-state index contributed by atoms with van der Waals surface area (Å²) in [4.78, 5) is 2.52. The first-order valence-corrected chi connectivity index (χ1v) is 7.26. The minimum Gasteiger partial charge on any atom is -0.385 e. The van der Waals surface area contributed by atoms with E-state index in [2.05, 4.69) is 32.7 Å². The third-order valence-electron chi connectivity index (χ3n) is 4.99. The molecule has 18 heavy (non-hydrogen) atoms. The van der Waals surface area contributed by atoms with Crippen molar-refractivity contribution in [2.45, 2.75) is 64.5 Å². The molecule has 1 rings (SSSR count). The average Bonchev–Trinajstić information content (AvgIpc) is 2.35. The van der Waals surface area contributed by atoms with Crippen molar-refractivity contribution in [3.8, 4) is 0 Å². The van der Waals surface area contributed by atoms with Gasteiger partial charge in [-0.3, -0.25) is 4.90 Å². The van der Waals surface area contributed by atoms with Crippen LogP contribution < -0.4 is 5.73 Å². The summed E-state index contributed by atoms with van der Waals surface area (Å²) in [7, 11) is 4.01. The number of hydrogen-bond acceptors (Lipinski definition) is 3. The Kier molecular flexibility index (Phi) is 5.63. The van der Waals surface area contributed by atoms with Crippen LogP contribution in [0.3, 0.4) is 0 Å². The molecule has 0 aliphatic heterocycles. The maximum absolute atomic E-state index is 6.01. The average molecular weight is 256 g/mol. The Balaban J connectivity index is 2.59. The van der Waals surface area contributed by atoms with Crippen molar-refractivity contribution < 1.29 is 4.74 Å². The molecule has 1 aliphatic rings. The van der Waals surface area contributed by atoms with Crippen LogP contribution in [0.15, 0.2) is 0 Å². The summed E-state index contributed by atoms with van der Waals surface area (Å²) in [6, 6.07) is 0.684. The molecule has 1 aliphatic carbocycles. The molecule has 0 amide bonds. The van der Waals surface area contributed by atoms with Gasteiger partial charge in [-0.05, 0) is 51.5 Å². The summed E-state index contributed by atoms with van der Waals surface area (Å²) < 4.78 is 5.23. The van der Waals surface area contributed by atoms with Gasteiger partial charge in [0.15, 0.2) is 0 Å². The van der Waals surface area contributed by atoms with Crippen molar-refractivity contribution in [2.75, 3.05) is 27.3 Å². The van der Waals surface area contributed by atoms with Gasteiger partial charge in [0.2, 0.25) is 0 Å². The van der Waals surface area contributed by atoms with E-state index in [9.17, 15) is 0 Å². The van der Waals surface area contributed by atoms with Crippen LogP contribution in [-0.4, -0.2) is 43.8 Å². The van der Waals surface area contributed by atoms with Crippen molar-refractivity contribution in [3.63, 3.8) is 0 Å². The molecule has 3 nitrogen and oxygen atoms in total. The summed E-state index contributed by atoms with van der Waals surface area (Å²) in [6.45, 7) is 8.53. The zero-order valence-corrected chi connectivity index (χ0v) is 13.0. The standard InChI is InChI=1S/C15H32N2O/c1-14(2)8-6-13(7-9-14)17(4)15(3,12-16)10-11-18-5/h13H,6-12,16H2,1-5H3. The van der Waals surface area contributed by atoms with E-state index in [1.54, 1.807) is 7.11 Å². The van der Waals surface area contributed by atoms with Crippen molar-refractivity contribution >= 4 is 0 Å². The normalized spacial score (nSPS) is 24.2. The summed E-state index contributed by atoms with van der Waals surface area (Å²) in [5, 5.41) is 0. The molecule has 1 fully saturated rings. The number of hydrogen-bond donors (Lipinski definition) is 1. The Labute approximate surface area is 113 Å². The van der Waals surface area contributed by atoms with E-state index in [0.717, 1.165) is 13.0 Å². The lowest BCUT2D eigenvalue weighted by molar-refractivity contribution is 0.0260. The minimum atomic E-state index is 0.0716. The molecule has 108 valence electrons. The van der Waals surface area contributed by atoms with Gasteiger partial charge in [0.25, 0.3) is 0 Å². The van der Waals surface area contributed by atoms with Gasteiger partial charge < -0.3 is 10.5 Å². The van der Waals surface area contributed by atoms with Crippen LogP contribution in [0.2, 0.25) is 0 Å². The van der Waals surface area contributed by atoms with E-state index in [1.807, 2.05) is 0 Å². The number of nitrogens with two attached hydrogens (primary N) is 1. The SMILES string of the molecule is COCCC(C)(CN)N(C)C1CCC(C)(C)CC1. The molecule has 0 spiro atoms. The highest BCUT2D eigenvalue weighted by Gasteiger charge is 2.36. The first-order chi connectivity index (χ1) is 8.34. The molecule has 1 unspecified atom stereocenters. The van der Waals surface area contributed by atoms with Gasteiger partial charge >= 0.3 is 0 Å². The zero-order valence-electron chi connectivity index (χ0n) is 13.0. The highest BCUT2D eigenvalue weighted by molar-refractivity contribution is 4.92. The molecule has 0 bridgehead atoms. The van der Waals surface area contributed by atoms with E-state index >= 15 is 0 Å². The fourth-order valence-corrected chi connectivity index (χ4v) is 2.96. The summed E-state index contributed by atoms with van der Waals surface area (Å²) in [5.41, 5.74) is 6.61. The number of likely N-dealkylation sites (N-methyl/N-ethyl adjacent to an activating group) is 1. The molecule has 0 aromatic heterocycles. The third-order valence-corrected chi connectivity index (χ3v) is 4.99. The second kappa shape index (κ2) is 6.36. The molecule has 0 aromatic carbocycles. The van der Waals surface area contributed by atoms with E-state index in [1.165, 1.54) is 25.7 Å². The van der Waals surface area contributed by atoms with Crippen molar-refractivity contribution in [1.29, 1.82) is 0 Å². The van der Waals surface area contributed by atoms with E-state index in [0.29, 0.717) is 18.0 Å². The molecular formula is C15H32N2O. The second-order valence-corrected chi connectivity index (χ2v) is 6.95. The van der Waals surface area contributed by atoms with Gasteiger partial charge in [-0.2, -0.15) is 0 Å². The van der Waals surface area contributed by atoms with Crippen molar-refractivity contribution in [3.05, 3.63) is 0 Å². The van der Waals surface area contributed by atoms with Crippen molar-refractivity contribution in [1.82, 2.24) is 4.90 Å². The third kappa shape index (κ3) is 3.94. The van der Waals surface area contributed by atoms with Crippen LogP contribution in [0.5, 0.6) is 0 Å². The predicted molar refractivity (Wildman–Crippen MR) is 77.8 cm³/mol. The Bertz CT molecular complexity index is 245. The second-order valence-electron chi connectivity index (χ2n) is 6.95. The van der Waals surface area contributed by atoms with Crippen LogP contribution >= 0.6 is 0 Å². The van der Waals surface area contributed by atoms with Gasteiger partial charge in [-0.1, -0.05) is 13.8 Å². The molecule has 0 saturated heterocycles. The van der Waals surface area contributed by atoms with Crippen LogP contribution in [-0.2, 0) is 4.74 Å². The fourth-order valence-electron chi connectivity index (χ4n) is 2.96. The van der Waals surface area contributed by atoms with E-state index in [-0.39, 0.29) is 5.54 Å². The molecule has 3 heteroatoms. The molecule has 0 radical (unpaired) electrons. The Morgan fingerprint density at radius 2 is 1.89 bits per heavy atom. The Morgan fingerprint density at radius 3 is 2.33 bits per heavy atom. The number of rotatable bonds is 6. The number of nitrogens with zero attached hydrogens (tertiary/aromatic N) is 1. The van der Waals surface area contributed by atoms with Gasteiger partial charge in [0.05, 0.1) is 0 Å². The lowest BCUT2D eigenvalue weighted by Gasteiger charge is -2.47. The first kappa shape index (κ1) is 15.9. The van der Waals surface area contributed by atoms with Crippen LogP contribution in [0, 0.1) is 5.41 Å². The lowest BCUT2D eigenvalue weighted by Crippen LogP contribution is -2.55. The lowest BCUT2D eigenvalue weighted by atomic mass is 9.74. The molecule has 0 aromatic rings. The van der Waals surface area contributed by atoms with Crippen LogP contribution in [0.1, 0.15) is 52.9 Å². The summed E-state index contributed by atoms with van der Waals surface area (Å²) in [5.74, 6) is 0. The largest absolute Gasteiger partial charge is 0.385 e. The molecule has 0 heterocycles. The maximum atomic E-state index is 6.01. The number of ether oxygens (including phenoxy) is 1. The predicted octanol–water partition coefficient (Wildman–Crippen LogP) is 2.64. The fraction of sp³-hybridized carbons (Fsp3) is 1.00. The highest BCUT2D eigenvalue weighted by Crippen LogP contribution is 2.38. The van der Waals surface area contributed by atoms with Gasteiger partial charge in [0.1, 0.15) is 0 Å². The molecular weight excluding hydrogens is 224 g/mol. The van der Waals surface area contributed by atoms with Gasteiger partial charge in [-0.25, -0.2) is 0 Å². The first-order valence-electron chi connectivity index (χ1n) is 7.26. The van der Waals surface area contributed by atoms with Gasteiger partial charge in [-0.15, -0.1) is 0 Å². The van der Waals surface area contributed by atoms with Crippen LogP contribution in [0.25, 0.3) is 0 Å². The quantitative estimate of drug-likeness (QED) is 0.794. The molecule has 2 N–H and O–H groups in total. The Hall–Kier alpha value is -0.120. The van der Waals surface area contributed by atoms with Gasteiger partial charge in [0, 0.05) is 31.8 Å².